The van der Waals surface area contributed by atoms with Crippen molar-refractivity contribution in [3.05, 3.63) is 68.3 Å². The van der Waals surface area contributed by atoms with E-state index < -0.39 is 0 Å². The molecule has 1 amide bonds. The molecule has 0 heterocycles. The Labute approximate surface area is 129 Å². The highest BCUT2D eigenvalue weighted by Crippen LogP contribution is 2.09. The molecule has 0 aliphatic heterocycles. The number of hydrogen-bond acceptors (Lipinski definition) is 2. The molecule has 0 aliphatic rings. The maximum absolute atomic E-state index is 11.8. The van der Waals surface area contributed by atoms with Gasteiger partial charge in [0, 0.05) is 14.2 Å². The third kappa shape index (κ3) is 4.33. The van der Waals surface area contributed by atoms with Gasteiger partial charge in [0.05, 0.1) is 6.21 Å². The van der Waals surface area contributed by atoms with E-state index in [-0.39, 0.29) is 5.91 Å². The Morgan fingerprint density at radius 3 is 2.74 bits per heavy atom. The van der Waals surface area contributed by atoms with Crippen molar-refractivity contribution in [3.8, 4) is 0 Å². The van der Waals surface area contributed by atoms with Crippen molar-refractivity contribution in [1.82, 2.24) is 5.43 Å². The first-order valence-corrected chi connectivity index (χ1v) is 6.95. The zero-order valence-electron chi connectivity index (χ0n) is 9.81. The average molecular weight is 385 g/mol. The number of nitrogens with one attached hydrogen (secondary N) is 1. The van der Waals surface area contributed by atoms with Crippen LogP contribution in [0.25, 0.3) is 0 Å². The number of hydrogen-bond donors (Lipinski definition) is 1. The van der Waals surface area contributed by atoms with Gasteiger partial charge in [0.2, 0.25) is 0 Å². The fourth-order valence-electron chi connectivity index (χ4n) is 1.45. The summed E-state index contributed by atoms with van der Waals surface area (Å²) in [5.41, 5.74) is 3.89. The van der Waals surface area contributed by atoms with E-state index in [1.54, 1.807) is 30.5 Å². The molecule has 0 bridgehead atoms. The fraction of sp³-hybridized carbons (Fsp3) is 0. The van der Waals surface area contributed by atoms with Crippen LogP contribution in [0.1, 0.15) is 15.9 Å². The zero-order chi connectivity index (χ0) is 13.7. The van der Waals surface area contributed by atoms with Gasteiger partial charge in [0.15, 0.2) is 0 Å². The summed E-state index contributed by atoms with van der Waals surface area (Å²) in [7, 11) is 0. The van der Waals surface area contributed by atoms with E-state index in [1.807, 2.05) is 24.3 Å². The first-order chi connectivity index (χ1) is 9.15. The lowest BCUT2D eigenvalue weighted by Crippen LogP contribution is -2.17. The molecule has 3 nitrogen and oxygen atoms in total. The molecule has 1 N–H and O–H groups in total. The number of amides is 1. The van der Waals surface area contributed by atoms with Gasteiger partial charge in [-0.25, -0.2) is 5.43 Å². The van der Waals surface area contributed by atoms with Gasteiger partial charge in [0.25, 0.3) is 5.91 Å². The summed E-state index contributed by atoms with van der Waals surface area (Å²) in [5, 5.41) is 4.54. The quantitative estimate of drug-likeness (QED) is 0.489. The zero-order valence-corrected chi connectivity index (χ0v) is 12.7. The number of hydrazone groups is 1. The molecule has 0 spiro atoms. The van der Waals surface area contributed by atoms with Crippen molar-refractivity contribution < 1.29 is 4.79 Å². The summed E-state index contributed by atoms with van der Waals surface area (Å²) in [5.74, 6) is -0.239. The first-order valence-electron chi connectivity index (χ1n) is 5.50. The molecule has 19 heavy (non-hydrogen) atoms. The molecule has 0 fully saturated rings. The summed E-state index contributed by atoms with van der Waals surface area (Å²) in [6.07, 6.45) is 1.55. The van der Waals surface area contributed by atoms with Crippen molar-refractivity contribution in [3.63, 3.8) is 0 Å². The van der Waals surface area contributed by atoms with Gasteiger partial charge in [-0.15, -0.1) is 0 Å². The number of rotatable bonds is 3. The van der Waals surface area contributed by atoms with Gasteiger partial charge in [-0.05, 0) is 58.5 Å². The maximum atomic E-state index is 11.8. The van der Waals surface area contributed by atoms with Crippen LogP contribution in [0.15, 0.2) is 53.6 Å². The minimum Gasteiger partial charge on any atom is -0.267 e. The lowest BCUT2D eigenvalue weighted by molar-refractivity contribution is 0.0955. The molecule has 0 aliphatic carbocycles. The number of carbonyl (C=O) groups is 1. The van der Waals surface area contributed by atoms with Crippen LogP contribution in [-0.2, 0) is 0 Å². The van der Waals surface area contributed by atoms with E-state index in [9.17, 15) is 4.79 Å². The average Bonchev–Trinajstić information content (AvgIpc) is 2.38. The second-order valence-corrected chi connectivity index (χ2v) is 5.45. The molecule has 2 rings (SSSR count). The number of halogens is 2. The molecule has 0 radical (unpaired) electrons. The SMILES string of the molecule is O=C(N/N=C/c1cccc(Cl)c1)c1cccc(I)c1. The van der Waals surface area contributed by atoms with E-state index in [1.165, 1.54) is 0 Å². The molecule has 0 aromatic heterocycles. The van der Waals surface area contributed by atoms with E-state index >= 15 is 0 Å². The molecule has 2 aromatic rings. The highest BCUT2D eigenvalue weighted by Gasteiger charge is 2.03. The number of carbonyl (C=O) groups excluding carboxylic acids is 1. The van der Waals surface area contributed by atoms with Gasteiger partial charge in [-0.3, -0.25) is 4.79 Å². The van der Waals surface area contributed by atoms with Crippen LogP contribution in [0.4, 0.5) is 0 Å². The van der Waals surface area contributed by atoms with Gasteiger partial charge in [-0.2, -0.15) is 5.10 Å². The predicted octanol–water partition coefficient (Wildman–Crippen LogP) is 3.71. The number of nitrogens with zero attached hydrogens (tertiary/aromatic N) is 1. The Bertz CT molecular complexity index is 628. The summed E-state index contributed by atoms with van der Waals surface area (Å²) >= 11 is 8.01. The fourth-order valence-corrected chi connectivity index (χ4v) is 2.19. The van der Waals surface area contributed by atoms with Gasteiger partial charge < -0.3 is 0 Å². The second kappa shape index (κ2) is 6.68. The van der Waals surface area contributed by atoms with Crippen molar-refractivity contribution in [2.45, 2.75) is 0 Å². The normalized spacial score (nSPS) is 10.6. The largest absolute Gasteiger partial charge is 0.271 e. The first kappa shape index (κ1) is 14.0. The minimum absolute atomic E-state index is 0.239. The summed E-state index contributed by atoms with van der Waals surface area (Å²) in [6.45, 7) is 0. The monoisotopic (exact) mass is 384 g/mol. The molecule has 5 heteroatoms. The van der Waals surface area contributed by atoms with E-state index in [0.717, 1.165) is 9.13 Å². The van der Waals surface area contributed by atoms with Gasteiger partial charge >= 0.3 is 0 Å². The minimum atomic E-state index is -0.239. The highest BCUT2D eigenvalue weighted by molar-refractivity contribution is 14.1. The van der Waals surface area contributed by atoms with E-state index in [0.29, 0.717) is 10.6 Å². The molecule has 0 unspecified atom stereocenters. The van der Waals surface area contributed by atoms with E-state index in [4.69, 9.17) is 11.6 Å². The third-order valence-corrected chi connectivity index (χ3v) is 3.22. The van der Waals surface area contributed by atoms with Crippen LogP contribution in [0.3, 0.4) is 0 Å². The standard InChI is InChI=1S/C14H10ClIN2O/c15-12-5-1-3-10(7-12)9-17-18-14(19)11-4-2-6-13(16)8-11/h1-9H,(H,18,19)/b17-9+. The summed E-state index contributed by atoms with van der Waals surface area (Å²) in [6, 6.07) is 14.5. The summed E-state index contributed by atoms with van der Waals surface area (Å²) < 4.78 is 1.00. The maximum Gasteiger partial charge on any atom is 0.271 e. The molecular formula is C14H10ClIN2O. The topological polar surface area (TPSA) is 41.5 Å². The Hall–Kier alpha value is -1.40. The Morgan fingerprint density at radius 1 is 1.21 bits per heavy atom. The molecule has 96 valence electrons. The summed E-state index contributed by atoms with van der Waals surface area (Å²) in [4.78, 5) is 11.8. The Kier molecular flexibility index (Phi) is 4.93. The van der Waals surface area contributed by atoms with Crippen molar-refractivity contribution >= 4 is 46.3 Å². The molecule has 0 atom stereocenters. The second-order valence-electron chi connectivity index (χ2n) is 3.76. The van der Waals surface area contributed by atoms with Crippen molar-refractivity contribution in [1.29, 1.82) is 0 Å². The molecular weight excluding hydrogens is 375 g/mol. The lowest BCUT2D eigenvalue weighted by Gasteiger charge is -2.00. The van der Waals surface area contributed by atoms with Crippen molar-refractivity contribution in [2.75, 3.05) is 0 Å². The van der Waals surface area contributed by atoms with Crippen LogP contribution in [-0.4, -0.2) is 12.1 Å². The molecule has 0 saturated carbocycles. The van der Waals surface area contributed by atoms with Gasteiger partial charge in [-0.1, -0.05) is 29.8 Å². The smallest absolute Gasteiger partial charge is 0.267 e. The van der Waals surface area contributed by atoms with E-state index in [2.05, 4.69) is 33.1 Å². The van der Waals surface area contributed by atoms with Crippen LogP contribution >= 0.6 is 34.2 Å². The van der Waals surface area contributed by atoms with Crippen LogP contribution in [0.2, 0.25) is 5.02 Å². The third-order valence-electron chi connectivity index (χ3n) is 2.32. The van der Waals surface area contributed by atoms with Crippen LogP contribution < -0.4 is 5.43 Å². The molecule has 2 aromatic carbocycles. The van der Waals surface area contributed by atoms with Crippen LogP contribution in [0, 0.1) is 3.57 Å². The molecule has 0 saturated heterocycles. The lowest BCUT2D eigenvalue weighted by atomic mass is 10.2. The number of benzene rings is 2. The highest BCUT2D eigenvalue weighted by atomic mass is 127. The van der Waals surface area contributed by atoms with Crippen LogP contribution in [0.5, 0.6) is 0 Å². The Balaban J connectivity index is 2.01. The Morgan fingerprint density at radius 2 is 2.00 bits per heavy atom. The van der Waals surface area contributed by atoms with Crippen molar-refractivity contribution in [2.24, 2.45) is 5.10 Å². The predicted molar refractivity (Wildman–Crippen MR) is 85.7 cm³/mol. The van der Waals surface area contributed by atoms with Gasteiger partial charge in [0.1, 0.15) is 0 Å².